The van der Waals surface area contributed by atoms with Crippen molar-refractivity contribution in [1.82, 2.24) is 5.32 Å². The molecule has 0 unspecified atom stereocenters. The van der Waals surface area contributed by atoms with E-state index in [1.54, 1.807) is 6.07 Å². The molecule has 0 aromatic heterocycles. The lowest BCUT2D eigenvalue weighted by Crippen LogP contribution is -2.49. The highest BCUT2D eigenvalue weighted by Gasteiger charge is 2.32. The molecule has 0 saturated heterocycles. The Bertz CT molecular complexity index is 1040. The Labute approximate surface area is 181 Å². The van der Waals surface area contributed by atoms with Gasteiger partial charge in [0.1, 0.15) is 6.04 Å². The molecule has 164 valence electrons. The lowest BCUT2D eigenvalue weighted by Gasteiger charge is -2.31. The Balaban J connectivity index is 2.38. The molecule has 0 aliphatic heterocycles. The van der Waals surface area contributed by atoms with E-state index in [1.165, 1.54) is 9.87 Å². The van der Waals surface area contributed by atoms with E-state index in [9.17, 15) is 13.2 Å². The van der Waals surface area contributed by atoms with Gasteiger partial charge in [-0.25, -0.2) is 8.42 Å². The summed E-state index contributed by atoms with van der Waals surface area (Å²) in [5.41, 5.74) is 7.08. The highest BCUT2D eigenvalue weighted by molar-refractivity contribution is 7.92. The predicted molar refractivity (Wildman–Crippen MR) is 125 cm³/mol. The van der Waals surface area contributed by atoms with Crippen LogP contribution in [0.25, 0.3) is 0 Å². The average Bonchev–Trinajstić information content (AvgIpc) is 2.63. The van der Waals surface area contributed by atoms with Crippen LogP contribution in [0.15, 0.2) is 30.3 Å². The van der Waals surface area contributed by atoms with Crippen molar-refractivity contribution in [1.29, 1.82) is 0 Å². The highest BCUT2D eigenvalue weighted by atomic mass is 32.2. The van der Waals surface area contributed by atoms with Gasteiger partial charge >= 0.3 is 0 Å². The van der Waals surface area contributed by atoms with E-state index in [0.29, 0.717) is 12.1 Å². The molecule has 2 aromatic rings. The monoisotopic (exact) mass is 430 g/mol. The first-order chi connectivity index (χ1) is 13.9. The zero-order chi connectivity index (χ0) is 22.8. The molecule has 0 bridgehead atoms. The average molecular weight is 431 g/mol. The van der Waals surface area contributed by atoms with E-state index in [2.05, 4.69) is 24.4 Å². The van der Waals surface area contributed by atoms with Gasteiger partial charge in [-0.2, -0.15) is 0 Å². The Morgan fingerprint density at radius 3 is 2.03 bits per heavy atom. The number of nitrogens with one attached hydrogen (secondary N) is 1. The van der Waals surface area contributed by atoms with Gasteiger partial charge in [-0.05, 0) is 93.5 Å². The van der Waals surface area contributed by atoms with Gasteiger partial charge in [-0.15, -0.1) is 0 Å². The fraction of sp³-hybridized carbons (Fsp3) is 0.458. The molecule has 0 saturated carbocycles. The Morgan fingerprint density at radius 2 is 1.50 bits per heavy atom. The maximum absolute atomic E-state index is 13.2. The fourth-order valence-corrected chi connectivity index (χ4v) is 4.96. The quantitative estimate of drug-likeness (QED) is 0.695. The molecule has 0 spiro atoms. The van der Waals surface area contributed by atoms with Crippen molar-refractivity contribution in [3.05, 3.63) is 63.7 Å². The van der Waals surface area contributed by atoms with Crippen molar-refractivity contribution < 1.29 is 13.2 Å². The first-order valence-electron chi connectivity index (χ1n) is 10.3. The summed E-state index contributed by atoms with van der Waals surface area (Å²) in [6.07, 6.45) is 1.51. The summed E-state index contributed by atoms with van der Waals surface area (Å²) >= 11 is 0. The number of amides is 1. The topological polar surface area (TPSA) is 66.5 Å². The lowest BCUT2D eigenvalue weighted by molar-refractivity contribution is -0.122. The van der Waals surface area contributed by atoms with Crippen LogP contribution in [0.1, 0.15) is 59.7 Å². The smallest absolute Gasteiger partial charge is 0.244 e. The van der Waals surface area contributed by atoms with Gasteiger partial charge in [-0.3, -0.25) is 9.10 Å². The molecule has 1 amide bonds. The van der Waals surface area contributed by atoms with Crippen molar-refractivity contribution in [2.45, 2.75) is 67.0 Å². The van der Waals surface area contributed by atoms with Gasteiger partial charge in [-0.1, -0.05) is 25.1 Å². The molecule has 2 rings (SSSR count). The molecule has 30 heavy (non-hydrogen) atoms. The van der Waals surface area contributed by atoms with E-state index >= 15 is 0 Å². The Hall–Kier alpha value is -2.34. The van der Waals surface area contributed by atoms with Gasteiger partial charge in [0.05, 0.1) is 18.0 Å². The number of sulfonamides is 1. The van der Waals surface area contributed by atoms with Crippen molar-refractivity contribution in [3.63, 3.8) is 0 Å². The van der Waals surface area contributed by atoms with E-state index in [1.807, 2.05) is 53.7 Å². The van der Waals surface area contributed by atoms with Crippen molar-refractivity contribution in [3.8, 4) is 0 Å². The summed E-state index contributed by atoms with van der Waals surface area (Å²) in [4.78, 5) is 13.2. The third kappa shape index (κ3) is 5.22. The molecule has 2 atom stereocenters. The van der Waals surface area contributed by atoms with Crippen LogP contribution in [-0.2, 0) is 14.8 Å². The molecule has 1 N–H and O–H groups in total. The van der Waals surface area contributed by atoms with E-state index in [0.717, 1.165) is 34.1 Å². The highest BCUT2D eigenvalue weighted by Crippen LogP contribution is 2.26. The molecule has 2 aromatic carbocycles. The summed E-state index contributed by atoms with van der Waals surface area (Å²) in [5.74, 6) is -0.300. The lowest BCUT2D eigenvalue weighted by atomic mass is 9.96. The first kappa shape index (κ1) is 23.9. The second kappa shape index (κ2) is 9.21. The van der Waals surface area contributed by atoms with Crippen LogP contribution in [0.2, 0.25) is 0 Å². The maximum Gasteiger partial charge on any atom is 0.244 e. The summed E-state index contributed by atoms with van der Waals surface area (Å²) in [7, 11) is -3.65. The minimum atomic E-state index is -3.65. The first-order valence-corrected chi connectivity index (χ1v) is 12.2. The van der Waals surface area contributed by atoms with Crippen LogP contribution in [-0.4, -0.2) is 26.6 Å². The molecule has 0 aliphatic carbocycles. The van der Waals surface area contributed by atoms with Crippen LogP contribution < -0.4 is 9.62 Å². The van der Waals surface area contributed by atoms with Crippen LogP contribution >= 0.6 is 0 Å². The summed E-state index contributed by atoms with van der Waals surface area (Å²) in [6.45, 7) is 13.8. The molecule has 6 heteroatoms. The van der Waals surface area contributed by atoms with Crippen molar-refractivity contribution in [2.24, 2.45) is 0 Å². The van der Waals surface area contributed by atoms with Gasteiger partial charge in [0, 0.05) is 0 Å². The molecule has 0 heterocycles. The Morgan fingerprint density at radius 1 is 0.933 bits per heavy atom. The second-order valence-electron chi connectivity index (χ2n) is 8.27. The SMILES string of the molecule is CC[C@H](C(=O)N[C@H](C)c1cc(C)c(C)cc1C)N(c1ccc(C)c(C)c1)S(C)(=O)=O. The minimum Gasteiger partial charge on any atom is -0.348 e. The van der Waals surface area contributed by atoms with Gasteiger partial charge in [0.2, 0.25) is 15.9 Å². The second-order valence-corrected chi connectivity index (χ2v) is 10.1. The molecule has 0 aliphatic rings. The van der Waals surface area contributed by atoms with Crippen LogP contribution in [0.5, 0.6) is 0 Å². The number of rotatable bonds is 7. The molecule has 5 nitrogen and oxygen atoms in total. The minimum absolute atomic E-state index is 0.230. The number of nitrogens with zero attached hydrogens (tertiary/aromatic N) is 1. The largest absolute Gasteiger partial charge is 0.348 e. The number of anilines is 1. The van der Waals surface area contributed by atoms with Crippen LogP contribution in [0.4, 0.5) is 5.69 Å². The number of aryl methyl sites for hydroxylation is 5. The van der Waals surface area contributed by atoms with Gasteiger partial charge in [0.25, 0.3) is 0 Å². The summed E-state index contributed by atoms with van der Waals surface area (Å²) in [5, 5.41) is 3.04. The van der Waals surface area contributed by atoms with E-state index < -0.39 is 16.1 Å². The van der Waals surface area contributed by atoms with Crippen LogP contribution in [0.3, 0.4) is 0 Å². The molecule has 0 fully saturated rings. The van der Waals surface area contributed by atoms with E-state index in [4.69, 9.17) is 0 Å². The summed E-state index contributed by atoms with van der Waals surface area (Å²) in [6, 6.07) is 8.62. The number of carbonyl (C=O) groups is 1. The summed E-state index contributed by atoms with van der Waals surface area (Å²) < 4.78 is 26.6. The maximum atomic E-state index is 13.2. The number of hydrogen-bond acceptors (Lipinski definition) is 3. The zero-order valence-electron chi connectivity index (χ0n) is 19.3. The van der Waals surface area contributed by atoms with Crippen molar-refractivity contribution in [2.75, 3.05) is 10.6 Å². The number of benzene rings is 2. The van der Waals surface area contributed by atoms with Gasteiger partial charge < -0.3 is 5.32 Å². The third-order valence-corrected chi connectivity index (χ3v) is 6.96. The fourth-order valence-electron chi connectivity index (χ4n) is 3.76. The molecule has 0 radical (unpaired) electrons. The normalized spacial score (nSPS) is 13.6. The number of hydrogen-bond donors (Lipinski definition) is 1. The van der Waals surface area contributed by atoms with Crippen molar-refractivity contribution >= 4 is 21.6 Å². The van der Waals surface area contributed by atoms with E-state index in [-0.39, 0.29) is 11.9 Å². The molecular formula is C24H34N2O3S. The standard InChI is InChI=1S/C24H34N2O3S/c1-9-23(26(30(8,28)29)21-11-10-15(2)17(4)13-21)24(27)25-20(7)22-14-18(5)16(3)12-19(22)6/h10-14,20,23H,9H2,1-8H3,(H,25,27)/t20-,23-/m1/s1. The molecular weight excluding hydrogens is 396 g/mol. The number of carbonyl (C=O) groups excluding carboxylic acids is 1. The third-order valence-electron chi connectivity index (χ3n) is 5.78. The Kier molecular flexibility index (Phi) is 7.35. The zero-order valence-corrected chi connectivity index (χ0v) is 20.1. The van der Waals surface area contributed by atoms with Crippen LogP contribution in [0, 0.1) is 34.6 Å². The van der Waals surface area contributed by atoms with Gasteiger partial charge in [0.15, 0.2) is 0 Å². The predicted octanol–water partition coefficient (Wildman–Crippen LogP) is 4.65.